The summed E-state index contributed by atoms with van der Waals surface area (Å²) in [6, 6.07) is 2.81. The van der Waals surface area contributed by atoms with Gasteiger partial charge in [-0.2, -0.15) is 4.39 Å². The predicted molar refractivity (Wildman–Crippen MR) is 47.5 cm³/mol. The van der Waals surface area contributed by atoms with Crippen molar-refractivity contribution in [3.05, 3.63) is 39.7 Å². The average Bonchev–Trinajstić information content (AvgIpc) is 2.18. The molecule has 80 valence electrons. The Morgan fingerprint density at radius 2 is 2.27 bits per heavy atom. The molecule has 0 saturated heterocycles. The summed E-state index contributed by atoms with van der Waals surface area (Å²) in [6.45, 7) is 0. The van der Waals surface area contributed by atoms with Crippen LogP contribution in [-0.4, -0.2) is 17.9 Å². The van der Waals surface area contributed by atoms with Crippen LogP contribution in [0.25, 0.3) is 0 Å². The standard InChI is InChI=1S/C8H7FN2O4/c1-15-10-8(12)5-2-3-6(9)7(4-5)11(13)14/h2-4H,1H3,(H,10,12). The molecule has 0 heterocycles. The molecule has 1 aromatic rings. The number of nitro groups is 1. The summed E-state index contributed by atoms with van der Waals surface area (Å²) in [5.74, 6) is -1.67. The SMILES string of the molecule is CONC(=O)c1ccc(F)c([N+](=O)[O-])c1. The smallest absolute Gasteiger partial charge is 0.277 e. The van der Waals surface area contributed by atoms with Gasteiger partial charge in [-0.15, -0.1) is 0 Å². The Labute approximate surface area is 83.8 Å². The molecule has 0 fully saturated rings. The number of nitrogens with one attached hydrogen (secondary N) is 1. The summed E-state index contributed by atoms with van der Waals surface area (Å²) in [5, 5.41) is 10.4. The highest BCUT2D eigenvalue weighted by atomic mass is 19.1. The first-order valence-electron chi connectivity index (χ1n) is 3.83. The lowest BCUT2D eigenvalue weighted by molar-refractivity contribution is -0.387. The van der Waals surface area contributed by atoms with Crippen LogP contribution in [0.15, 0.2) is 18.2 Å². The van der Waals surface area contributed by atoms with E-state index in [4.69, 9.17) is 0 Å². The molecule has 0 atom stereocenters. The normalized spacial score (nSPS) is 9.73. The Morgan fingerprint density at radius 3 is 2.80 bits per heavy atom. The number of hydrogen-bond donors (Lipinski definition) is 1. The van der Waals surface area contributed by atoms with Crippen LogP contribution in [0.5, 0.6) is 0 Å². The summed E-state index contributed by atoms with van der Waals surface area (Å²) in [7, 11) is 1.22. The molecule has 1 rings (SSSR count). The number of rotatable bonds is 3. The lowest BCUT2D eigenvalue weighted by atomic mass is 10.2. The molecule has 1 amide bonds. The van der Waals surface area contributed by atoms with E-state index in [1.165, 1.54) is 7.11 Å². The van der Waals surface area contributed by atoms with Gasteiger partial charge in [-0.05, 0) is 12.1 Å². The summed E-state index contributed by atoms with van der Waals surface area (Å²) in [5.41, 5.74) is 1.16. The molecule has 0 unspecified atom stereocenters. The van der Waals surface area contributed by atoms with Crippen LogP contribution in [0, 0.1) is 15.9 Å². The maximum Gasteiger partial charge on any atom is 0.305 e. The van der Waals surface area contributed by atoms with Crippen molar-refractivity contribution in [2.24, 2.45) is 0 Å². The first-order valence-corrected chi connectivity index (χ1v) is 3.83. The zero-order valence-corrected chi connectivity index (χ0v) is 7.69. The minimum absolute atomic E-state index is 0.0510. The van der Waals surface area contributed by atoms with Crippen LogP contribution < -0.4 is 5.48 Å². The Hall–Kier alpha value is -2.02. The van der Waals surface area contributed by atoms with Gasteiger partial charge >= 0.3 is 5.69 Å². The number of benzene rings is 1. The first kappa shape index (κ1) is 11.1. The van der Waals surface area contributed by atoms with Crippen LogP contribution >= 0.6 is 0 Å². The Balaban J connectivity index is 3.07. The lowest BCUT2D eigenvalue weighted by Crippen LogP contribution is -2.21. The fourth-order valence-corrected chi connectivity index (χ4v) is 0.945. The van der Waals surface area contributed by atoms with E-state index in [9.17, 15) is 19.3 Å². The number of amides is 1. The van der Waals surface area contributed by atoms with Gasteiger partial charge in [0.15, 0.2) is 0 Å². The number of carbonyl (C=O) groups excluding carboxylic acids is 1. The maximum atomic E-state index is 12.9. The molecule has 0 aliphatic carbocycles. The molecule has 6 nitrogen and oxygen atoms in total. The van der Waals surface area contributed by atoms with Gasteiger partial charge in [-0.3, -0.25) is 19.7 Å². The van der Waals surface area contributed by atoms with Crippen LogP contribution in [-0.2, 0) is 4.84 Å². The van der Waals surface area contributed by atoms with Crippen molar-refractivity contribution in [1.29, 1.82) is 0 Å². The minimum atomic E-state index is -0.992. The van der Waals surface area contributed by atoms with E-state index in [1.807, 2.05) is 5.48 Å². The van der Waals surface area contributed by atoms with Crippen molar-refractivity contribution in [3.63, 3.8) is 0 Å². The van der Waals surface area contributed by atoms with Gasteiger partial charge in [0.2, 0.25) is 5.82 Å². The molecule has 0 aliphatic rings. The minimum Gasteiger partial charge on any atom is -0.277 e. The van der Waals surface area contributed by atoms with Gasteiger partial charge in [0.1, 0.15) is 0 Å². The van der Waals surface area contributed by atoms with Crippen LogP contribution in [0.4, 0.5) is 10.1 Å². The number of nitro benzene ring substituents is 1. The number of nitrogens with zero attached hydrogens (tertiary/aromatic N) is 1. The van der Waals surface area contributed by atoms with Gasteiger partial charge < -0.3 is 0 Å². The van der Waals surface area contributed by atoms with E-state index in [2.05, 4.69) is 4.84 Å². The fraction of sp³-hybridized carbons (Fsp3) is 0.125. The van der Waals surface area contributed by atoms with Crippen LogP contribution in [0.3, 0.4) is 0 Å². The second kappa shape index (κ2) is 4.47. The van der Waals surface area contributed by atoms with Crippen LogP contribution in [0.2, 0.25) is 0 Å². The second-order valence-corrected chi connectivity index (χ2v) is 2.56. The topological polar surface area (TPSA) is 81.5 Å². The van der Waals surface area contributed by atoms with E-state index in [0.717, 1.165) is 18.2 Å². The van der Waals surface area contributed by atoms with Crippen molar-refractivity contribution < 1.29 is 18.9 Å². The fourth-order valence-electron chi connectivity index (χ4n) is 0.945. The molecule has 0 aliphatic heterocycles. The largest absolute Gasteiger partial charge is 0.305 e. The highest BCUT2D eigenvalue weighted by molar-refractivity contribution is 5.94. The van der Waals surface area contributed by atoms with E-state index < -0.39 is 22.3 Å². The molecule has 1 aromatic carbocycles. The number of carbonyl (C=O) groups is 1. The molecular formula is C8H7FN2O4. The quantitative estimate of drug-likeness (QED) is 0.601. The highest BCUT2D eigenvalue weighted by Crippen LogP contribution is 2.18. The summed E-state index contributed by atoms with van der Waals surface area (Å²) in [6.07, 6.45) is 0. The summed E-state index contributed by atoms with van der Waals surface area (Å²) >= 11 is 0. The third-order valence-electron chi connectivity index (χ3n) is 1.60. The highest BCUT2D eigenvalue weighted by Gasteiger charge is 2.17. The van der Waals surface area contributed by atoms with Crippen LogP contribution in [0.1, 0.15) is 10.4 Å². The monoisotopic (exact) mass is 214 g/mol. The van der Waals surface area contributed by atoms with Crippen molar-refractivity contribution >= 4 is 11.6 Å². The second-order valence-electron chi connectivity index (χ2n) is 2.56. The number of halogens is 1. The van der Waals surface area contributed by atoms with E-state index >= 15 is 0 Å². The third-order valence-corrected chi connectivity index (χ3v) is 1.60. The number of hydrogen-bond acceptors (Lipinski definition) is 4. The van der Waals surface area contributed by atoms with Gasteiger partial charge in [0.05, 0.1) is 12.0 Å². The Bertz CT molecular complexity index is 408. The molecule has 0 bridgehead atoms. The van der Waals surface area contributed by atoms with Crippen molar-refractivity contribution in [2.45, 2.75) is 0 Å². The summed E-state index contributed by atoms with van der Waals surface area (Å²) in [4.78, 5) is 24.9. The van der Waals surface area contributed by atoms with E-state index in [1.54, 1.807) is 0 Å². The average molecular weight is 214 g/mol. The zero-order valence-electron chi connectivity index (χ0n) is 7.69. The van der Waals surface area contributed by atoms with Gasteiger partial charge in [0, 0.05) is 11.6 Å². The maximum absolute atomic E-state index is 12.9. The van der Waals surface area contributed by atoms with E-state index in [0.29, 0.717) is 0 Å². The van der Waals surface area contributed by atoms with Gasteiger partial charge in [0.25, 0.3) is 5.91 Å². The third kappa shape index (κ3) is 2.47. The lowest BCUT2D eigenvalue weighted by Gasteiger charge is -2.01. The molecule has 15 heavy (non-hydrogen) atoms. The predicted octanol–water partition coefficient (Wildman–Crippen LogP) is 1.03. The molecule has 0 aromatic heterocycles. The Morgan fingerprint density at radius 1 is 1.60 bits per heavy atom. The molecule has 0 radical (unpaired) electrons. The molecular weight excluding hydrogens is 207 g/mol. The van der Waals surface area contributed by atoms with Crippen molar-refractivity contribution in [3.8, 4) is 0 Å². The number of hydroxylamine groups is 1. The van der Waals surface area contributed by atoms with Gasteiger partial charge in [-0.1, -0.05) is 0 Å². The zero-order chi connectivity index (χ0) is 11.4. The Kier molecular flexibility index (Phi) is 3.29. The van der Waals surface area contributed by atoms with E-state index in [-0.39, 0.29) is 5.56 Å². The van der Waals surface area contributed by atoms with Gasteiger partial charge in [-0.25, -0.2) is 5.48 Å². The van der Waals surface area contributed by atoms with Crippen molar-refractivity contribution in [2.75, 3.05) is 7.11 Å². The molecule has 0 spiro atoms. The molecule has 7 heteroatoms. The van der Waals surface area contributed by atoms with Crippen molar-refractivity contribution in [1.82, 2.24) is 5.48 Å². The molecule has 0 saturated carbocycles. The molecule has 1 N–H and O–H groups in total. The summed E-state index contributed by atoms with van der Waals surface area (Å²) < 4.78 is 12.9. The first-order chi connectivity index (χ1) is 7.06.